The molecule has 0 heterocycles. The second kappa shape index (κ2) is 6.00. The molecule has 0 aromatic heterocycles. The van der Waals surface area contributed by atoms with Crippen LogP contribution in [-0.2, 0) is 16.0 Å². The number of carboxylic acid groups (broad SMARTS) is 1. The Hall–Kier alpha value is -1.88. The molecule has 1 aromatic carbocycles. The molecule has 5 heteroatoms. The topological polar surface area (TPSA) is 86.6 Å². The van der Waals surface area contributed by atoms with Crippen molar-refractivity contribution in [2.24, 2.45) is 0 Å². The van der Waals surface area contributed by atoms with Crippen LogP contribution in [0.15, 0.2) is 30.3 Å². The van der Waals surface area contributed by atoms with Crippen molar-refractivity contribution >= 4 is 11.9 Å². The van der Waals surface area contributed by atoms with E-state index in [0.29, 0.717) is 0 Å². The standard InChI is InChI=1S/C12H15NO4/c1-8(14)11(15)13-10(12(16)17)7-9-5-3-2-4-6-9/h2-6,8,10,14H,7H2,1H3,(H,13,15)(H,16,17)/t8-,10-/m0/s1/i2+1,3+1,4+1,5+1,6+1,9+1. The molecule has 1 rings (SSSR count). The number of carbonyl (C=O) groups excluding carboxylic acids is 1. The van der Waals surface area contributed by atoms with E-state index in [4.69, 9.17) is 10.2 Å². The van der Waals surface area contributed by atoms with Crippen LogP contribution < -0.4 is 5.32 Å². The Kier molecular flexibility index (Phi) is 4.66. The van der Waals surface area contributed by atoms with Crippen LogP contribution in [0.5, 0.6) is 0 Å². The Morgan fingerprint density at radius 2 is 1.88 bits per heavy atom. The van der Waals surface area contributed by atoms with Gasteiger partial charge < -0.3 is 15.5 Å². The SMILES string of the molecule is C[C@H](O)C(=O)N[C@@H](C[13c]1[13cH][13cH][13cH][13cH][13cH]1)C(=O)O. The molecule has 0 aliphatic heterocycles. The summed E-state index contributed by atoms with van der Waals surface area (Å²) in [6.45, 7) is 1.29. The maximum absolute atomic E-state index is 11.2. The number of rotatable bonds is 5. The van der Waals surface area contributed by atoms with E-state index >= 15 is 0 Å². The molecule has 17 heavy (non-hydrogen) atoms. The van der Waals surface area contributed by atoms with Gasteiger partial charge >= 0.3 is 5.97 Å². The van der Waals surface area contributed by atoms with Crippen LogP contribution in [0.4, 0.5) is 0 Å². The molecule has 1 aromatic rings. The second-order valence-corrected chi connectivity index (χ2v) is 3.77. The van der Waals surface area contributed by atoms with Gasteiger partial charge in [-0.1, -0.05) is 30.3 Å². The fourth-order valence-electron chi connectivity index (χ4n) is 1.34. The molecule has 0 saturated heterocycles. The zero-order chi connectivity index (χ0) is 12.8. The van der Waals surface area contributed by atoms with Crippen LogP contribution in [0.1, 0.15) is 12.5 Å². The van der Waals surface area contributed by atoms with Crippen LogP contribution in [0, 0.1) is 0 Å². The molecule has 0 aliphatic carbocycles. The molecule has 0 radical (unpaired) electrons. The summed E-state index contributed by atoms with van der Waals surface area (Å²) in [6, 6.07) is 7.96. The Labute approximate surface area is 99.1 Å². The minimum Gasteiger partial charge on any atom is -0.480 e. The number of aliphatic hydroxyl groups excluding tert-OH is 1. The van der Waals surface area contributed by atoms with Gasteiger partial charge in [-0.15, -0.1) is 0 Å². The molecule has 0 aliphatic rings. The number of amides is 1. The average molecular weight is 243 g/mol. The van der Waals surface area contributed by atoms with Crippen molar-refractivity contribution in [3.8, 4) is 0 Å². The predicted octanol–water partition coefficient (Wildman–Crippen LogP) is 0.179. The third-order valence-corrected chi connectivity index (χ3v) is 2.28. The first-order valence-corrected chi connectivity index (χ1v) is 5.26. The van der Waals surface area contributed by atoms with Gasteiger partial charge in [0.25, 0.3) is 0 Å². The van der Waals surface area contributed by atoms with Crippen molar-refractivity contribution < 1.29 is 19.8 Å². The van der Waals surface area contributed by atoms with E-state index in [0.717, 1.165) is 5.56 Å². The molecule has 0 fully saturated rings. The van der Waals surface area contributed by atoms with E-state index in [1.165, 1.54) is 6.92 Å². The molecule has 0 bridgehead atoms. The first-order valence-electron chi connectivity index (χ1n) is 5.26. The van der Waals surface area contributed by atoms with Crippen molar-refractivity contribution in [2.75, 3.05) is 0 Å². The van der Waals surface area contributed by atoms with E-state index < -0.39 is 24.0 Å². The number of benzene rings is 1. The number of hydrogen-bond donors (Lipinski definition) is 3. The van der Waals surface area contributed by atoms with Crippen molar-refractivity contribution in [3.05, 3.63) is 35.9 Å². The molecule has 0 spiro atoms. The molecule has 5 nitrogen and oxygen atoms in total. The molecule has 2 atom stereocenters. The lowest BCUT2D eigenvalue weighted by Crippen LogP contribution is -2.45. The summed E-state index contributed by atoms with van der Waals surface area (Å²) < 4.78 is 0. The minimum absolute atomic E-state index is 0.189. The number of aliphatic carboxylic acids is 1. The van der Waals surface area contributed by atoms with Crippen molar-refractivity contribution in [2.45, 2.75) is 25.5 Å². The molecule has 1 amide bonds. The van der Waals surface area contributed by atoms with Crippen LogP contribution in [0.3, 0.4) is 0 Å². The van der Waals surface area contributed by atoms with Gasteiger partial charge in [-0.25, -0.2) is 4.79 Å². The van der Waals surface area contributed by atoms with E-state index in [1.54, 1.807) is 24.3 Å². The summed E-state index contributed by atoms with van der Waals surface area (Å²) in [7, 11) is 0. The van der Waals surface area contributed by atoms with Gasteiger partial charge in [-0.05, 0) is 12.5 Å². The maximum Gasteiger partial charge on any atom is 0.326 e. The lowest BCUT2D eigenvalue weighted by atomic mass is 10.2. The summed E-state index contributed by atoms with van der Waals surface area (Å²) >= 11 is 0. The monoisotopic (exact) mass is 243 g/mol. The highest BCUT2D eigenvalue weighted by Crippen LogP contribution is 2.03. The van der Waals surface area contributed by atoms with Gasteiger partial charge in [-0.3, -0.25) is 4.79 Å². The minimum atomic E-state index is -1.22. The quantitative estimate of drug-likeness (QED) is 0.688. The zero-order valence-electron chi connectivity index (χ0n) is 9.46. The molecular weight excluding hydrogens is 228 g/mol. The summed E-state index contributed by atoms with van der Waals surface area (Å²) in [4.78, 5) is 22.2. The third-order valence-electron chi connectivity index (χ3n) is 2.28. The van der Waals surface area contributed by atoms with Gasteiger partial charge in [0.15, 0.2) is 0 Å². The van der Waals surface area contributed by atoms with Gasteiger partial charge in [0.05, 0.1) is 0 Å². The van der Waals surface area contributed by atoms with Crippen LogP contribution in [0.25, 0.3) is 0 Å². The largest absolute Gasteiger partial charge is 0.480 e. The Morgan fingerprint density at radius 1 is 1.29 bits per heavy atom. The van der Waals surface area contributed by atoms with E-state index in [1.807, 2.05) is 6.07 Å². The van der Waals surface area contributed by atoms with Crippen LogP contribution >= 0.6 is 0 Å². The second-order valence-electron chi connectivity index (χ2n) is 3.77. The highest BCUT2D eigenvalue weighted by atomic mass is 16.4. The van der Waals surface area contributed by atoms with Gasteiger partial charge in [-0.2, -0.15) is 0 Å². The average Bonchev–Trinajstić information content (AvgIpc) is 2.29. The highest BCUT2D eigenvalue weighted by Gasteiger charge is 2.22. The Bertz CT molecular complexity index is 389. The number of aliphatic hydroxyl groups is 1. The summed E-state index contributed by atoms with van der Waals surface area (Å²) in [5.41, 5.74) is 0.811. The summed E-state index contributed by atoms with van der Waals surface area (Å²) in [5, 5.41) is 20.3. The fourth-order valence-corrected chi connectivity index (χ4v) is 1.34. The van der Waals surface area contributed by atoms with E-state index in [2.05, 4.69) is 5.32 Å². The number of carbonyl (C=O) groups is 2. The van der Waals surface area contributed by atoms with E-state index in [9.17, 15) is 9.59 Å². The maximum atomic E-state index is 11.2. The molecule has 92 valence electrons. The van der Waals surface area contributed by atoms with Crippen LogP contribution in [-0.4, -0.2) is 34.2 Å². The van der Waals surface area contributed by atoms with E-state index in [-0.39, 0.29) is 6.42 Å². The number of hydrogen-bond acceptors (Lipinski definition) is 3. The van der Waals surface area contributed by atoms with Gasteiger partial charge in [0.1, 0.15) is 12.1 Å². The van der Waals surface area contributed by atoms with Gasteiger partial charge in [0, 0.05) is 6.42 Å². The summed E-state index contributed by atoms with van der Waals surface area (Å²) in [6.07, 6.45) is -1.03. The first-order chi connectivity index (χ1) is 8.00. The molecule has 0 saturated carbocycles. The van der Waals surface area contributed by atoms with Crippen molar-refractivity contribution in [1.82, 2.24) is 5.32 Å². The molecular formula is C12H15NO4. The molecule has 3 N–H and O–H groups in total. The van der Waals surface area contributed by atoms with Gasteiger partial charge in [0.2, 0.25) is 5.91 Å². The lowest BCUT2D eigenvalue weighted by Gasteiger charge is -2.15. The smallest absolute Gasteiger partial charge is 0.326 e. The highest BCUT2D eigenvalue weighted by molar-refractivity contribution is 5.86. The normalized spacial score (nSPS) is 13.8. The first kappa shape index (κ1) is 13.2. The number of carboxylic acids is 1. The number of nitrogens with one attached hydrogen (secondary N) is 1. The Morgan fingerprint density at radius 3 is 2.35 bits per heavy atom. The summed E-state index contributed by atoms with van der Waals surface area (Å²) in [5.74, 6) is -1.81. The van der Waals surface area contributed by atoms with Crippen molar-refractivity contribution in [1.29, 1.82) is 0 Å². The van der Waals surface area contributed by atoms with Crippen molar-refractivity contribution in [3.63, 3.8) is 0 Å². The Balaban J connectivity index is 2.68. The fraction of sp³-hybridized carbons (Fsp3) is 0.333. The third kappa shape index (κ3) is 4.24. The zero-order valence-corrected chi connectivity index (χ0v) is 9.46. The lowest BCUT2D eigenvalue weighted by molar-refractivity contribution is -0.143. The predicted molar refractivity (Wildman–Crippen MR) is 61.4 cm³/mol. The molecule has 0 unspecified atom stereocenters. The van der Waals surface area contributed by atoms with Crippen LogP contribution in [0.2, 0.25) is 0 Å².